The summed E-state index contributed by atoms with van der Waals surface area (Å²) >= 11 is 0. The lowest BCUT2D eigenvalue weighted by molar-refractivity contribution is -0.133. The van der Waals surface area contributed by atoms with Crippen LogP contribution in [0.1, 0.15) is 10.4 Å². The van der Waals surface area contributed by atoms with Gasteiger partial charge in [0.15, 0.2) is 0 Å². The molecular formula is C17H18N4O3. The van der Waals surface area contributed by atoms with E-state index in [1.165, 1.54) is 12.1 Å². The number of nitrogens with two attached hydrogens (primary N) is 1. The van der Waals surface area contributed by atoms with Crippen LogP contribution in [0.3, 0.4) is 0 Å². The van der Waals surface area contributed by atoms with Crippen LogP contribution in [0.5, 0.6) is 0 Å². The van der Waals surface area contributed by atoms with Crippen molar-refractivity contribution in [2.45, 2.75) is 0 Å². The van der Waals surface area contributed by atoms with Crippen molar-refractivity contribution < 1.29 is 14.4 Å². The summed E-state index contributed by atoms with van der Waals surface area (Å²) in [6.07, 6.45) is 0. The van der Waals surface area contributed by atoms with Gasteiger partial charge in [-0.1, -0.05) is 18.2 Å². The third kappa shape index (κ3) is 4.10. The zero-order chi connectivity index (χ0) is 17.7. The zero-order valence-corrected chi connectivity index (χ0v) is 13.4. The van der Waals surface area contributed by atoms with Gasteiger partial charge in [-0.05, 0) is 30.3 Å². The Labute approximate surface area is 139 Å². The number of rotatable bonds is 4. The van der Waals surface area contributed by atoms with E-state index in [9.17, 15) is 14.4 Å². The van der Waals surface area contributed by atoms with Crippen LogP contribution in [0.15, 0.2) is 48.5 Å². The van der Waals surface area contributed by atoms with Crippen molar-refractivity contribution >= 4 is 34.8 Å². The van der Waals surface area contributed by atoms with E-state index in [0.29, 0.717) is 5.69 Å². The molecule has 0 fully saturated rings. The van der Waals surface area contributed by atoms with Crippen molar-refractivity contribution in [3.05, 3.63) is 54.1 Å². The van der Waals surface area contributed by atoms with Crippen LogP contribution in [-0.4, -0.2) is 31.8 Å². The number of nitrogens with zero attached hydrogens (tertiary/aromatic N) is 1. The van der Waals surface area contributed by atoms with Gasteiger partial charge in [0, 0.05) is 25.5 Å². The van der Waals surface area contributed by atoms with Gasteiger partial charge in [0.25, 0.3) is 5.91 Å². The average Bonchev–Trinajstić information content (AvgIpc) is 2.55. The molecule has 0 aliphatic rings. The number of hydrogen-bond acceptors (Lipinski definition) is 4. The average molecular weight is 326 g/mol. The number of benzene rings is 2. The molecule has 3 amide bonds. The van der Waals surface area contributed by atoms with Crippen LogP contribution in [-0.2, 0) is 9.59 Å². The zero-order valence-electron chi connectivity index (χ0n) is 13.4. The number of carbonyl (C=O) groups is 3. The third-order valence-corrected chi connectivity index (χ3v) is 3.27. The topological polar surface area (TPSA) is 105 Å². The van der Waals surface area contributed by atoms with E-state index in [0.717, 1.165) is 5.69 Å². The Morgan fingerprint density at radius 1 is 0.917 bits per heavy atom. The molecule has 2 rings (SSSR count). The molecule has 7 heteroatoms. The highest BCUT2D eigenvalue weighted by atomic mass is 16.2. The second kappa shape index (κ2) is 7.28. The van der Waals surface area contributed by atoms with Crippen molar-refractivity contribution in [3.63, 3.8) is 0 Å². The maximum absolute atomic E-state index is 12.0. The van der Waals surface area contributed by atoms with Gasteiger partial charge >= 0.3 is 11.8 Å². The number of hydrogen-bond donors (Lipinski definition) is 3. The smallest absolute Gasteiger partial charge is 0.314 e. The molecule has 0 spiro atoms. The lowest BCUT2D eigenvalue weighted by Crippen LogP contribution is -2.30. The molecule has 0 radical (unpaired) electrons. The molecule has 2 aromatic rings. The number of amides is 3. The van der Waals surface area contributed by atoms with Crippen LogP contribution >= 0.6 is 0 Å². The van der Waals surface area contributed by atoms with E-state index in [1.807, 2.05) is 25.1 Å². The first-order valence-electron chi connectivity index (χ1n) is 7.17. The Balaban J connectivity index is 2.10. The second-order valence-corrected chi connectivity index (χ2v) is 5.26. The maximum Gasteiger partial charge on any atom is 0.314 e. The summed E-state index contributed by atoms with van der Waals surface area (Å²) in [5.74, 6) is -2.42. The third-order valence-electron chi connectivity index (χ3n) is 3.27. The molecule has 4 N–H and O–H groups in total. The summed E-state index contributed by atoms with van der Waals surface area (Å²) in [6.45, 7) is 0. The fourth-order valence-corrected chi connectivity index (χ4v) is 2.04. The summed E-state index contributed by atoms with van der Waals surface area (Å²) in [4.78, 5) is 37.3. The molecule has 0 aromatic heterocycles. The van der Waals surface area contributed by atoms with Gasteiger partial charge in [0.2, 0.25) is 0 Å². The van der Waals surface area contributed by atoms with E-state index in [2.05, 4.69) is 10.6 Å². The Kier molecular flexibility index (Phi) is 5.16. The minimum atomic E-state index is -0.890. The Morgan fingerprint density at radius 3 is 2.25 bits per heavy atom. The molecule has 0 heterocycles. The summed E-state index contributed by atoms with van der Waals surface area (Å²) in [7, 11) is 3.74. The minimum Gasteiger partial charge on any atom is -0.378 e. The SMILES string of the molecule is CN(C)c1cccc(NC(=O)C(=O)Nc2ccccc2C(N)=O)c1. The van der Waals surface area contributed by atoms with Crippen molar-refractivity contribution in [1.29, 1.82) is 0 Å². The molecular weight excluding hydrogens is 308 g/mol. The summed E-state index contributed by atoms with van der Waals surface area (Å²) in [6, 6.07) is 13.3. The van der Waals surface area contributed by atoms with E-state index in [4.69, 9.17) is 5.73 Å². The normalized spacial score (nSPS) is 9.92. The van der Waals surface area contributed by atoms with E-state index in [-0.39, 0.29) is 11.3 Å². The van der Waals surface area contributed by atoms with Gasteiger partial charge < -0.3 is 21.3 Å². The Hall–Kier alpha value is -3.35. The van der Waals surface area contributed by atoms with Gasteiger partial charge in [0.1, 0.15) is 0 Å². The predicted molar refractivity (Wildman–Crippen MR) is 93.0 cm³/mol. The van der Waals surface area contributed by atoms with Crippen LogP contribution in [0, 0.1) is 0 Å². The highest BCUT2D eigenvalue weighted by molar-refractivity contribution is 6.44. The molecule has 0 bridgehead atoms. The highest BCUT2D eigenvalue weighted by Gasteiger charge is 2.17. The number of para-hydroxylation sites is 1. The van der Waals surface area contributed by atoms with E-state index < -0.39 is 17.7 Å². The second-order valence-electron chi connectivity index (χ2n) is 5.26. The van der Waals surface area contributed by atoms with Crippen LogP contribution < -0.4 is 21.3 Å². The molecule has 124 valence electrons. The number of anilines is 3. The molecule has 0 saturated carbocycles. The number of primary amides is 1. The van der Waals surface area contributed by atoms with Crippen molar-refractivity contribution in [1.82, 2.24) is 0 Å². The molecule has 0 aliphatic carbocycles. The monoisotopic (exact) mass is 326 g/mol. The van der Waals surface area contributed by atoms with Gasteiger partial charge in [-0.2, -0.15) is 0 Å². The Bertz CT molecular complexity index is 787. The number of carbonyl (C=O) groups excluding carboxylic acids is 3. The largest absolute Gasteiger partial charge is 0.378 e. The van der Waals surface area contributed by atoms with Crippen molar-refractivity contribution in [3.8, 4) is 0 Å². The summed E-state index contributed by atoms with van der Waals surface area (Å²) < 4.78 is 0. The lowest BCUT2D eigenvalue weighted by atomic mass is 10.1. The Morgan fingerprint density at radius 2 is 1.58 bits per heavy atom. The predicted octanol–water partition coefficient (Wildman–Crippen LogP) is 1.43. The van der Waals surface area contributed by atoms with Crippen molar-refractivity contribution in [2.24, 2.45) is 5.73 Å². The molecule has 0 aliphatic heterocycles. The van der Waals surface area contributed by atoms with E-state index in [1.54, 1.807) is 30.3 Å². The maximum atomic E-state index is 12.0. The first-order chi connectivity index (χ1) is 11.4. The van der Waals surface area contributed by atoms with E-state index >= 15 is 0 Å². The lowest BCUT2D eigenvalue weighted by Gasteiger charge is -2.14. The van der Waals surface area contributed by atoms with Gasteiger partial charge in [-0.3, -0.25) is 14.4 Å². The molecule has 24 heavy (non-hydrogen) atoms. The molecule has 0 unspecified atom stereocenters. The van der Waals surface area contributed by atoms with Gasteiger partial charge in [0.05, 0.1) is 11.3 Å². The van der Waals surface area contributed by atoms with Gasteiger partial charge in [-0.15, -0.1) is 0 Å². The standard InChI is InChI=1S/C17H18N4O3/c1-21(2)12-7-5-6-11(10-12)19-16(23)17(24)20-14-9-4-3-8-13(14)15(18)22/h3-10H,1-2H3,(H2,18,22)(H,19,23)(H,20,24). The molecule has 0 saturated heterocycles. The molecule has 0 atom stereocenters. The summed E-state index contributed by atoms with van der Waals surface area (Å²) in [5.41, 5.74) is 6.93. The first kappa shape index (κ1) is 17.0. The number of nitrogens with one attached hydrogen (secondary N) is 2. The van der Waals surface area contributed by atoms with Crippen LogP contribution in [0.4, 0.5) is 17.1 Å². The molecule has 2 aromatic carbocycles. The molecule has 7 nitrogen and oxygen atoms in total. The first-order valence-corrected chi connectivity index (χ1v) is 7.17. The fourth-order valence-electron chi connectivity index (χ4n) is 2.04. The van der Waals surface area contributed by atoms with Crippen molar-refractivity contribution in [2.75, 3.05) is 29.6 Å². The summed E-state index contributed by atoms with van der Waals surface area (Å²) in [5, 5.41) is 4.90. The fraction of sp³-hybridized carbons (Fsp3) is 0.118. The van der Waals surface area contributed by atoms with Crippen LogP contribution in [0.2, 0.25) is 0 Å². The minimum absolute atomic E-state index is 0.133. The quantitative estimate of drug-likeness (QED) is 0.739. The van der Waals surface area contributed by atoms with Crippen LogP contribution in [0.25, 0.3) is 0 Å². The highest BCUT2D eigenvalue weighted by Crippen LogP contribution is 2.18. The van der Waals surface area contributed by atoms with Gasteiger partial charge in [-0.25, -0.2) is 0 Å².